The maximum Gasteiger partial charge on any atom is 0.311 e. The lowest BCUT2D eigenvalue weighted by atomic mass is 9.69. The van der Waals surface area contributed by atoms with Gasteiger partial charge in [0, 0.05) is 10.0 Å². The van der Waals surface area contributed by atoms with E-state index in [1.54, 1.807) is 4.68 Å². The molecule has 0 unspecified atom stereocenters. The number of benzene rings is 1. The zero-order valence-electron chi connectivity index (χ0n) is 11.6. The summed E-state index contributed by atoms with van der Waals surface area (Å²) in [6.07, 6.45) is 2.30. The molecule has 0 radical (unpaired) electrons. The first-order valence-electron chi connectivity index (χ1n) is 6.78. The second kappa shape index (κ2) is 5.22. The van der Waals surface area contributed by atoms with E-state index in [1.165, 1.54) is 0 Å². The van der Waals surface area contributed by atoms with Gasteiger partial charge >= 0.3 is 5.97 Å². The molecule has 6 nitrogen and oxygen atoms in total. The third-order valence-electron chi connectivity index (χ3n) is 4.18. The highest BCUT2D eigenvalue weighted by molar-refractivity contribution is 9.10. The van der Waals surface area contributed by atoms with Crippen LogP contribution in [0.3, 0.4) is 0 Å². The summed E-state index contributed by atoms with van der Waals surface area (Å²) in [6, 6.07) is 5.85. The average Bonchev–Trinajstić information content (AvgIpc) is 2.84. The van der Waals surface area contributed by atoms with E-state index in [0.29, 0.717) is 25.2 Å². The molecule has 7 heteroatoms. The van der Waals surface area contributed by atoms with Gasteiger partial charge in [-0.25, -0.2) is 4.68 Å². The highest BCUT2D eigenvalue weighted by atomic mass is 79.9. The molecule has 1 aromatic carbocycles. The third-order valence-corrected chi connectivity index (χ3v) is 5.23. The third kappa shape index (κ3) is 2.35. The molecule has 2 aromatic rings. The molecular weight excluding hydrogens is 336 g/mol. The van der Waals surface area contributed by atoms with Crippen molar-refractivity contribution in [1.82, 2.24) is 20.2 Å². The van der Waals surface area contributed by atoms with E-state index in [1.807, 2.05) is 25.1 Å². The molecule has 1 aliphatic rings. The van der Waals surface area contributed by atoms with Gasteiger partial charge in [-0.1, -0.05) is 18.6 Å². The Morgan fingerprint density at radius 3 is 2.86 bits per heavy atom. The van der Waals surface area contributed by atoms with Gasteiger partial charge in [0.15, 0.2) is 5.82 Å². The molecule has 21 heavy (non-hydrogen) atoms. The number of hydrogen-bond donors (Lipinski definition) is 1. The Bertz CT molecular complexity index is 694. The number of hydrogen-bond acceptors (Lipinski definition) is 4. The summed E-state index contributed by atoms with van der Waals surface area (Å²) >= 11 is 3.55. The van der Waals surface area contributed by atoms with Crippen molar-refractivity contribution < 1.29 is 9.90 Å². The number of carboxylic acid groups (broad SMARTS) is 1. The largest absolute Gasteiger partial charge is 0.481 e. The molecule has 0 saturated heterocycles. The van der Waals surface area contributed by atoms with Crippen molar-refractivity contribution in [3.05, 3.63) is 28.2 Å². The molecule has 1 fully saturated rings. The number of aliphatic carboxylic acids is 1. The van der Waals surface area contributed by atoms with Crippen molar-refractivity contribution >= 4 is 21.9 Å². The Hall–Kier alpha value is -1.76. The summed E-state index contributed by atoms with van der Waals surface area (Å²) in [5.41, 5.74) is 1.24. The Morgan fingerprint density at radius 1 is 1.48 bits per heavy atom. The van der Waals surface area contributed by atoms with Crippen LogP contribution in [0.5, 0.6) is 0 Å². The minimum Gasteiger partial charge on any atom is -0.481 e. The van der Waals surface area contributed by atoms with Crippen LogP contribution in [0.2, 0.25) is 0 Å². The van der Waals surface area contributed by atoms with Crippen LogP contribution in [0.4, 0.5) is 0 Å². The summed E-state index contributed by atoms with van der Waals surface area (Å²) in [6.45, 7) is 2.30. The lowest BCUT2D eigenvalue weighted by molar-refractivity contribution is -0.156. The van der Waals surface area contributed by atoms with Crippen molar-refractivity contribution in [2.75, 3.05) is 0 Å². The number of nitrogens with zero attached hydrogens (tertiary/aromatic N) is 4. The Kier molecular flexibility index (Phi) is 3.52. The van der Waals surface area contributed by atoms with Gasteiger partial charge in [-0.15, -0.1) is 5.10 Å². The van der Waals surface area contributed by atoms with Crippen LogP contribution in [-0.2, 0) is 11.3 Å². The molecule has 0 spiro atoms. The molecule has 1 aromatic heterocycles. The summed E-state index contributed by atoms with van der Waals surface area (Å²) in [4.78, 5) is 11.5. The van der Waals surface area contributed by atoms with E-state index in [2.05, 4.69) is 31.5 Å². The predicted octanol–water partition coefficient (Wildman–Crippen LogP) is 2.67. The number of halogens is 1. The van der Waals surface area contributed by atoms with Crippen LogP contribution in [0, 0.1) is 12.3 Å². The topological polar surface area (TPSA) is 80.9 Å². The number of carbonyl (C=O) groups is 1. The van der Waals surface area contributed by atoms with Gasteiger partial charge in [0.05, 0.1) is 12.0 Å². The minimum absolute atomic E-state index is 0.311. The normalized spacial score (nSPS) is 16.5. The van der Waals surface area contributed by atoms with Crippen molar-refractivity contribution in [3.63, 3.8) is 0 Å². The Labute approximate surface area is 130 Å². The maximum atomic E-state index is 11.5. The number of aromatic nitrogens is 4. The molecule has 0 bridgehead atoms. The number of rotatable bonds is 4. The summed E-state index contributed by atoms with van der Waals surface area (Å²) in [5, 5.41) is 21.2. The van der Waals surface area contributed by atoms with E-state index in [4.69, 9.17) is 0 Å². The van der Waals surface area contributed by atoms with E-state index in [0.717, 1.165) is 22.0 Å². The van der Waals surface area contributed by atoms with Gasteiger partial charge in [0.1, 0.15) is 0 Å². The SMILES string of the molecule is Cc1cccc(-c2nnnn2CC2(C(=O)O)CCC2)c1Br. The Balaban J connectivity index is 1.98. The van der Waals surface area contributed by atoms with Crippen LogP contribution < -0.4 is 0 Å². The summed E-state index contributed by atoms with van der Waals surface area (Å²) in [5.74, 6) is -0.170. The maximum absolute atomic E-state index is 11.5. The van der Waals surface area contributed by atoms with Crippen LogP contribution >= 0.6 is 15.9 Å². The molecule has 110 valence electrons. The monoisotopic (exact) mass is 350 g/mol. The van der Waals surface area contributed by atoms with Gasteiger partial charge in [-0.05, 0) is 57.8 Å². The van der Waals surface area contributed by atoms with Crippen molar-refractivity contribution in [3.8, 4) is 11.4 Å². The smallest absolute Gasteiger partial charge is 0.311 e. The van der Waals surface area contributed by atoms with Crippen molar-refractivity contribution in [1.29, 1.82) is 0 Å². The van der Waals surface area contributed by atoms with Crippen LogP contribution in [0.15, 0.2) is 22.7 Å². The predicted molar refractivity (Wildman–Crippen MR) is 79.6 cm³/mol. The first-order valence-corrected chi connectivity index (χ1v) is 7.58. The average molecular weight is 351 g/mol. The van der Waals surface area contributed by atoms with E-state index >= 15 is 0 Å². The molecule has 1 heterocycles. The number of carboxylic acids is 1. The first kappa shape index (κ1) is 14.2. The highest BCUT2D eigenvalue weighted by Gasteiger charge is 2.45. The lowest BCUT2D eigenvalue weighted by Crippen LogP contribution is -2.42. The van der Waals surface area contributed by atoms with Crippen LogP contribution in [-0.4, -0.2) is 31.3 Å². The number of aryl methyl sites for hydroxylation is 1. The fourth-order valence-corrected chi connectivity index (χ4v) is 3.10. The van der Waals surface area contributed by atoms with Gasteiger partial charge < -0.3 is 5.11 Å². The molecule has 0 aliphatic heterocycles. The summed E-state index contributed by atoms with van der Waals surface area (Å²) < 4.78 is 2.53. The Morgan fingerprint density at radius 2 is 2.24 bits per heavy atom. The van der Waals surface area contributed by atoms with Gasteiger partial charge in [-0.2, -0.15) is 0 Å². The van der Waals surface area contributed by atoms with Crippen LogP contribution in [0.1, 0.15) is 24.8 Å². The first-order chi connectivity index (χ1) is 10.0. The van der Waals surface area contributed by atoms with Gasteiger partial charge in [0.25, 0.3) is 0 Å². The van der Waals surface area contributed by atoms with Crippen molar-refractivity contribution in [2.45, 2.75) is 32.7 Å². The highest BCUT2D eigenvalue weighted by Crippen LogP contribution is 2.43. The zero-order chi connectivity index (χ0) is 15.0. The quantitative estimate of drug-likeness (QED) is 0.916. The second-order valence-corrected chi connectivity index (χ2v) is 6.33. The number of tetrazole rings is 1. The summed E-state index contributed by atoms with van der Waals surface area (Å²) in [7, 11) is 0. The molecule has 1 N–H and O–H groups in total. The molecule has 0 atom stereocenters. The lowest BCUT2D eigenvalue weighted by Gasteiger charge is -2.37. The molecule has 3 rings (SSSR count). The fraction of sp³-hybridized carbons (Fsp3) is 0.429. The van der Waals surface area contributed by atoms with Crippen molar-refractivity contribution in [2.24, 2.45) is 5.41 Å². The second-order valence-electron chi connectivity index (χ2n) is 5.54. The zero-order valence-corrected chi connectivity index (χ0v) is 13.2. The van der Waals surface area contributed by atoms with E-state index in [9.17, 15) is 9.90 Å². The van der Waals surface area contributed by atoms with E-state index in [-0.39, 0.29) is 0 Å². The molecular formula is C14H15BrN4O2. The standard InChI is InChI=1S/C14H15BrN4O2/c1-9-4-2-5-10(11(9)15)12-16-17-18-19(12)8-14(13(20)21)6-3-7-14/h2,4-5H,3,6-8H2,1H3,(H,20,21). The van der Waals surface area contributed by atoms with Crippen LogP contribution in [0.25, 0.3) is 11.4 Å². The fourth-order valence-electron chi connectivity index (χ4n) is 2.65. The molecule has 1 saturated carbocycles. The minimum atomic E-state index is -0.765. The van der Waals surface area contributed by atoms with Gasteiger partial charge in [0.2, 0.25) is 0 Å². The molecule has 0 amide bonds. The van der Waals surface area contributed by atoms with Gasteiger partial charge in [-0.3, -0.25) is 4.79 Å². The van der Waals surface area contributed by atoms with E-state index < -0.39 is 11.4 Å². The molecule has 1 aliphatic carbocycles.